The Balaban J connectivity index is 3.03. The van der Waals surface area contributed by atoms with E-state index in [2.05, 4.69) is 5.10 Å². The maximum atomic E-state index is 12.4. The number of hydrogen-bond acceptors (Lipinski definition) is 2. The summed E-state index contributed by atoms with van der Waals surface area (Å²) in [6.07, 6.45) is -4.02. The Morgan fingerprint density at radius 1 is 1.57 bits per heavy atom. The maximum absolute atomic E-state index is 12.4. The van der Waals surface area contributed by atoms with Gasteiger partial charge in [-0.3, -0.25) is 4.68 Å². The first-order valence-electron chi connectivity index (χ1n) is 4.08. The highest BCUT2D eigenvalue weighted by molar-refractivity contribution is 5.20. The summed E-state index contributed by atoms with van der Waals surface area (Å²) in [4.78, 5) is 0. The highest BCUT2D eigenvalue weighted by Gasteiger charge is 2.36. The molecule has 1 aromatic heterocycles. The van der Waals surface area contributed by atoms with E-state index in [-0.39, 0.29) is 12.0 Å². The van der Waals surface area contributed by atoms with Crippen LogP contribution in [0, 0.1) is 0 Å². The molecule has 0 radical (unpaired) electrons. The molecule has 1 rings (SSSR count). The standard InChI is InChI=1S/C8H11F3N2O/c1-5(14)3-6-4-13(2)12-7(6)8(9,10)11/h4-5,14H,3H2,1-2H3/t5-/m0/s1. The minimum Gasteiger partial charge on any atom is -0.393 e. The van der Waals surface area contributed by atoms with Crippen molar-refractivity contribution in [3.05, 3.63) is 17.5 Å². The summed E-state index contributed by atoms with van der Waals surface area (Å²) < 4.78 is 38.2. The molecule has 0 saturated carbocycles. The molecule has 0 aliphatic heterocycles. The van der Waals surface area contributed by atoms with E-state index >= 15 is 0 Å². The second-order valence-electron chi connectivity index (χ2n) is 3.23. The first-order chi connectivity index (χ1) is 6.30. The molecule has 0 aromatic carbocycles. The van der Waals surface area contributed by atoms with Gasteiger partial charge >= 0.3 is 6.18 Å². The van der Waals surface area contributed by atoms with E-state index in [0.717, 1.165) is 4.68 Å². The van der Waals surface area contributed by atoms with Gasteiger partial charge in [-0.25, -0.2) is 0 Å². The predicted molar refractivity (Wildman–Crippen MR) is 43.6 cm³/mol. The van der Waals surface area contributed by atoms with Crippen LogP contribution in [0.3, 0.4) is 0 Å². The Kier molecular flexibility index (Phi) is 2.84. The number of alkyl halides is 3. The quantitative estimate of drug-likeness (QED) is 0.796. The highest BCUT2D eigenvalue weighted by Crippen LogP contribution is 2.30. The number of aromatic nitrogens is 2. The lowest BCUT2D eigenvalue weighted by atomic mass is 10.1. The molecule has 14 heavy (non-hydrogen) atoms. The van der Waals surface area contributed by atoms with Gasteiger partial charge in [0.2, 0.25) is 0 Å². The predicted octanol–water partition coefficient (Wildman–Crippen LogP) is 1.36. The van der Waals surface area contributed by atoms with Crippen LogP contribution in [0.15, 0.2) is 6.20 Å². The topological polar surface area (TPSA) is 38.0 Å². The molecular weight excluding hydrogens is 197 g/mol. The number of hydrogen-bond donors (Lipinski definition) is 1. The van der Waals surface area contributed by atoms with E-state index in [9.17, 15) is 13.2 Å². The summed E-state index contributed by atoms with van der Waals surface area (Å²) in [6, 6.07) is 0. The summed E-state index contributed by atoms with van der Waals surface area (Å²) in [6.45, 7) is 1.44. The minimum atomic E-state index is -4.45. The molecule has 0 aliphatic carbocycles. The molecule has 1 atom stereocenters. The van der Waals surface area contributed by atoms with Gasteiger partial charge in [0, 0.05) is 25.2 Å². The molecule has 0 bridgehead atoms. The van der Waals surface area contributed by atoms with Gasteiger partial charge in [-0.1, -0.05) is 0 Å². The first-order valence-corrected chi connectivity index (χ1v) is 4.08. The zero-order valence-electron chi connectivity index (χ0n) is 7.84. The van der Waals surface area contributed by atoms with Gasteiger partial charge in [0.25, 0.3) is 0 Å². The molecule has 6 heteroatoms. The average Bonchev–Trinajstić information content (AvgIpc) is 2.28. The molecule has 0 fully saturated rings. The lowest BCUT2D eigenvalue weighted by Crippen LogP contribution is -2.12. The normalized spacial score (nSPS) is 14.4. The van der Waals surface area contributed by atoms with Gasteiger partial charge in [0.05, 0.1) is 6.10 Å². The van der Waals surface area contributed by atoms with Crippen molar-refractivity contribution in [2.24, 2.45) is 7.05 Å². The number of halogens is 3. The molecule has 1 heterocycles. The molecule has 80 valence electrons. The Bertz CT molecular complexity index is 317. The number of nitrogens with zero attached hydrogens (tertiary/aromatic N) is 2. The van der Waals surface area contributed by atoms with Crippen molar-refractivity contribution < 1.29 is 18.3 Å². The van der Waals surface area contributed by atoms with Crippen LogP contribution in [0.2, 0.25) is 0 Å². The van der Waals surface area contributed by atoms with Crippen molar-refractivity contribution >= 4 is 0 Å². The number of aliphatic hydroxyl groups excluding tert-OH is 1. The molecule has 1 N–H and O–H groups in total. The van der Waals surface area contributed by atoms with Crippen molar-refractivity contribution in [2.75, 3.05) is 0 Å². The van der Waals surface area contributed by atoms with Crippen LogP contribution in [0.1, 0.15) is 18.2 Å². The molecule has 3 nitrogen and oxygen atoms in total. The Morgan fingerprint density at radius 2 is 2.14 bits per heavy atom. The third-order valence-corrected chi connectivity index (χ3v) is 1.69. The van der Waals surface area contributed by atoms with E-state index in [1.807, 2.05) is 0 Å². The van der Waals surface area contributed by atoms with E-state index < -0.39 is 18.0 Å². The second kappa shape index (κ2) is 3.61. The first kappa shape index (κ1) is 11.0. The lowest BCUT2D eigenvalue weighted by molar-refractivity contribution is -0.142. The van der Waals surface area contributed by atoms with Crippen molar-refractivity contribution in [2.45, 2.75) is 25.6 Å². The number of aryl methyl sites for hydroxylation is 1. The van der Waals surface area contributed by atoms with Gasteiger partial charge in [0.1, 0.15) is 0 Å². The van der Waals surface area contributed by atoms with Crippen molar-refractivity contribution in [1.82, 2.24) is 9.78 Å². The smallest absolute Gasteiger partial charge is 0.393 e. The fraction of sp³-hybridized carbons (Fsp3) is 0.625. The molecule has 1 aromatic rings. The van der Waals surface area contributed by atoms with E-state index in [1.54, 1.807) is 0 Å². The third-order valence-electron chi connectivity index (χ3n) is 1.69. The van der Waals surface area contributed by atoms with Crippen LogP contribution in [0.4, 0.5) is 13.2 Å². The van der Waals surface area contributed by atoms with Crippen LogP contribution < -0.4 is 0 Å². The van der Waals surface area contributed by atoms with Gasteiger partial charge in [0.15, 0.2) is 5.69 Å². The van der Waals surface area contributed by atoms with Crippen LogP contribution >= 0.6 is 0 Å². The van der Waals surface area contributed by atoms with E-state index in [4.69, 9.17) is 5.11 Å². The van der Waals surface area contributed by atoms with Crippen LogP contribution in [-0.4, -0.2) is 21.0 Å². The zero-order chi connectivity index (χ0) is 10.9. The van der Waals surface area contributed by atoms with Gasteiger partial charge < -0.3 is 5.11 Å². The fourth-order valence-corrected chi connectivity index (χ4v) is 1.24. The molecular formula is C8H11F3N2O. The summed E-state index contributed by atoms with van der Waals surface area (Å²) in [7, 11) is 1.42. The Labute approximate surface area is 79.2 Å². The van der Waals surface area contributed by atoms with Crippen molar-refractivity contribution in [3.8, 4) is 0 Å². The minimum absolute atomic E-state index is 0.0231. The third kappa shape index (κ3) is 2.47. The average molecular weight is 208 g/mol. The monoisotopic (exact) mass is 208 g/mol. The maximum Gasteiger partial charge on any atom is 0.435 e. The summed E-state index contributed by atoms with van der Waals surface area (Å²) in [5, 5.41) is 12.3. The summed E-state index contributed by atoms with van der Waals surface area (Å²) in [5.74, 6) is 0. The fourth-order valence-electron chi connectivity index (χ4n) is 1.24. The molecule has 0 unspecified atom stereocenters. The van der Waals surface area contributed by atoms with Crippen LogP contribution in [0.5, 0.6) is 0 Å². The zero-order valence-corrected chi connectivity index (χ0v) is 7.84. The highest BCUT2D eigenvalue weighted by atomic mass is 19.4. The molecule has 0 aliphatic rings. The van der Waals surface area contributed by atoms with Gasteiger partial charge in [-0.15, -0.1) is 0 Å². The Morgan fingerprint density at radius 3 is 2.57 bits per heavy atom. The van der Waals surface area contributed by atoms with Crippen molar-refractivity contribution in [1.29, 1.82) is 0 Å². The molecule has 0 saturated heterocycles. The van der Waals surface area contributed by atoms with E-state index in [1.165, 1.54) is 20.2 Å². The summed E-state index contributed by atoms with van der Waals surface area (Å²) >= 11 is 0. The van der Waals surface area contributed by atoms with Crippen molar-refractivity contribution in [3.63, 3.8) is 0 Å². The Hall–Kier alpha value is -1.04. The van der Waals surface area contributed by atoms with E-state index in [0.29, 0.717) is 0 Å². The summed E-state index contributed by atoms with van der Waals surface area (Å²) in [5.41, 5.74) is -0.893. The molecule has 0 amide bonds. The second-order valence-corrected chi connectivity index (χ2v) is 3.23. The number of rotatable bonds is 2. The van der Waals surface area contributed by atoms with Gasteiger partial charge in [-0.05, 0) is 6.92 Å². The SMILES string of the molecule is C[C@H](O)Cc1cn(C)nc1C(F)(F)F. The van der Waals surface area contributed by atoms with Gasteiger partial charge in [-0.2, -0.15) is 18.3 Å². The van der Waals surface area contributed by atoms with Crippen LogP contribution in [-0.2, 0) is 19.6 Å². The largest absolute Gasteiger partial charge is 0.435 e. The van der Waals surface area contributed by atoms with Crippen LogP contribution in [0.25, 0.3) is 0 Å². The number of aliphatic hydroxyl groups is 1. The molecule has 0 spiro atoms. The lowest BCUT2D eigenvalue weighted by Gasteiger charge is -2.06.